The number of hydrogen-bond acceptors (Lipinski definition) is 2. The molecule has 0 radical (unpaired) electrons. The van der Waals surface area contributed by atoms with Gasteiger partial charge in [-0.25, -0.2) is 0 Å². The van der Waals surface area contributed by atoms with Crippen molar-refractivity contribution < 1.29 is 9.59 Å². The summed E-state index contributed by atoms with van der Waals surface area (Å²) in [5.74, 6) is -0.258. The van der Waals surface area contributed by atoms with E-state index in [0.29, 0.717) is 22.0 Å². The van der Waals surface area contributed by atoms with Gasteiger partial charge in [-0.05, 0) is 23.8 Å². The Balaban J connectivity index is 1.74. The van der Waals surface area contributed by atoms with Crippen molar-refractivity contribution in [3.05, 3.63) is 70.2 Å². The van der Waals surface area contributed by atoms with Crippen LogP contribution in [0.4, 0.5) is 0 Å². The minimum absolute atomic E-state index is 0.177. The third-order valence-corrected chi connectivity index (χ3v) is 3.37. The van der Waals surface area contributed by atoms with Gasteiger partial charge in [0.15, 0.2) is 0 Å². The van der Waals surface area contributed by atoms with Crippen LogP contribution in [0, 0.1) is 0 Å². The summed E-state index contributed by atoms with van der Waals surface area (Å²) in [7, 11) is 0. The maximum absolute atomic E-state index is 12.0. The molecule has 0 saturated carbocycles. The third kappa shape index (κ3) is 2.85. The molecule has 0 bridgehead atoms. The highest BCUT2D eigenvalue weighted by atomic mass is 35.5. The molecule has 0 saturated heterocycles. The van der Waals surface area contributed by atoms with Gasteiger partial charge < -0.3 is 5.32 Å². The molecule has 0 aromatic heterocycles. The highest BCUT2D eigenvalue weighted by Gasteiger charge is 2.23. The first-order chi connectivity index (χ1) is 10.1. The van der Waals surface area contributed by atoms with Crippen LogP contribution in [0.2, 0.25) is 5.02 Å². The zero-order chi connectivity index (χ0) is 14.8. The zero-order valence-electron chi connectivity index (χ0n) is 11.0. The van der Waals surface area contributed by atoms with Crippen molar-refractivity contribution in [2.45, 2.75) is 6.42 Å². The second-order valence-corrected chi connectivity index (χ2v) is 5.10. The number of nitrogens with zero attached hydrogens (tertiary/aromatic N) is 1. The predicted octanol–water partition coefficient (Wildman–Crippen LogP) is 2.60. The smallest absolute Gasteiger partial charge is 0.279 e. The minimum atomic E-state index is -0.330. The van der Waals surface area contributed by atoms with E-state index in [4.69, 9.17) is 11.6 Å². The van der Waals surface area contributed by atoms with Gasteiger partial charge in [0.1, 0.15) is 5.84 Å². The number of hydrogen-bond donors (Lipinski definition) is 1. The van der Waals surface area contributed by atoms with Crippen molar-refractivity contribution in [2.24, 2.45) is 4.99 Å². The lowest BCUT2D eigenvalue weighted by atomic mass is 10.1. The molecular formula is C16H11ClN2O2. The van der Waals surface area contributed by atoms with Crippen LogP contribution in [-0.2, 0) is 11.2 Å². The van der Waals surface area contributed by atoms with Crippen molar-refractivity contribution in [2.75, 3.05) is 0 Å². The number of carbonyl (C=O) groups is 2. The molecule has 21 heavy (non-hydrogen) atoms. The van der Waals surface area contributed by atoms with E-state index < -0.39 is 0 Å². The molecule has 1 aliphatic rings. The van der Waals surface area contributed by atoms with Crippen LogP contribution in [0.25, 0.3) is 0 Å². The standard InChI is InChI=1S/C16H11ClN2O2/c17-11-5-3-4-10(8-11)9-14(20)18-15-12-6-1-2-7-13(12)16(21)19-15/h1-8H,9H2,(H,18,19,20,21). The quantitative estimate of drug-likeness (QED) is 0.926. The highest BCUT2D eigenvalue weighted by molar-refractivity contribution is 6.30. The summed E-state index contributed by atoms with van der Waals surface area (Å²) < 4.78 is 0. The predicted molar refractivity (Wildman–Crippen MR) is 80.6 cm³/mol. The first-order valence-corrected chi connectivity index (χ1v) is 6.78. The molecular weight excluding hydrogens is 288 g/mol. The molecule has 104 valence electrons. The number of fused-ring (bicyclic) bond motifs is 1. The molecule has 1 heterocycles. The Labute approximate surface area is 126 Å². The number of rotatable bonds is 2. The molecule has 0 spiro atoms. The number of carbonyl (C=O) groups excluding carboxylic acids is 2. The van der Waals surface area contributed by atoms with Gasteiger partial charge in [0.25, 0.3) is 5.91 Å². The van der Waals surface area contributed by atoms with E-state index in [-0.39, 0.29) is 18.2 Å². The first kappa shape index (κ1) is 13.5. The number of amides is 2. The van der Waals surface area contributed by atoms with Gasteiger partial charge >= 0.3 is 0 Å². The number of aliphatic imine (C=N–C) groups is 1. The lowest BCUT2D eigenvalue weighted by Crippen LogP contribution is -2.31. The normalized spacial score (nSPS) is 12.8. The Morgan fingerprint density at radius 2 is 1.86 bits per heavy atom. The van der Waals surface area contributed by atoms with Crippen LogP contribution in [-0.4, -0.2) is 17.6 Å². The molecule has 1 N–H and O–H groups in total. The molecule has 4 nitrogen and oxygen atoms in total. The molecule has 0 fully saturated rings. The summed E-state index contributed by atoms with van der Waals surface area (Å²) in [4.78, 5) is 27.6. The lowest BCUT2D eigenvalue weighted by molar-refractivity contribution is -0.119. The average molecular weight is 299 g/mol. The van der Waals surface area contributed by atoms with Gasteiger partial charge in [-0.15, -0.1) is 0 Å². The summed E-state index contributed by atoms with van der Waals surface area (Å²) in [5.41, 5.74) is 1.97. The largest absolute Gasteiger partial charge is 0.310 e. The third-order valence-electron chi connectivity index (χ3n) is 3.14. The fraction of sp³-hybridized carbons (Fsp3) is 0.0625. The van der Waals surface area contributed by atoms with E-state index in [1.165, 1.54) is 0 Å². The van der Waals surface area contributed by atoms with Crippen molar-refractivity contribution in [1.29, 1.82) is 0 Å². The number of amidine groups is 1. The first-order valence-electron chi connectivity index (χ1n) is 6.40. The lowest BCUT2D eigenvalue weighted by Gasteiger charge is -2.06. The van der Waals surface area contributed by atoms with Crippen molar-refractivity contribution in [3.63, 3.8) is 0 Å². The van der Waals surface area contributed by atoms with Crippen molar-refractivity contribution >= 4 is 29.3 Å². The average Bonchev–Trinajstić information content (AvgIpc) is 2.76. The fourth-order valence-corrected chi connectivity index (χ4v) is 2.41. The van der Waals surface area contributed by atoms with Gasteiger partial charge in [-0.1, -0.05) is 41.9 Å². The van der Waals surface area contributed by atoms with Gasteiger partial charge in [0.2, 0.25) is 5.91 Å². The van der Waals surface area contributed by atoms with Crippen LogP contribution in [0.1, 0.15) is 21.5 Å². The van der Waals surface area contributed by atoms with Crippen LogP contribution in [0.3, 0.4) is 0 Å². The number of benzene rings is 2. The highest BCUT2D eigenvalue weighted by Crippen LogP contribution is 2.17. The van der Waals surface area contributed by atoms with E-state index in [0.717, 1.165) is 5.56 Å². The maximum atomic E-state index is 12.0. The van der Waals surface area contributed by atoms with E-state index >= 15 is 0 Å². The molecule has 2 amide bonds. The van der Waals surface area contributed by atoms with Gasteiger partial charge in [0.05, 0.1) is 12.0 Å². The topological polar surface area (TPSA) is 58.5 Å². The summed E-state index contributed by atoms with van der Waals surface area (Å²) in [6, 6.07) is 14.1. The second-order valence-electron chi connectivity index (χ2n) is 4.67. The Bertz CT molecular complexity index is 768. The number of halogens is 1. The minimum Gasteiger partial charge on any atom is -0.310 e. The summed E-state index contributed by atoms with van der Waals surface area (Å²) in [5, 5.41) is 3.26. The number of nitrogens with one attached hydrogen (secondary N) is 1. The Morgan fingerprint density at radius 3 is 2.62 bits per heavy atom. The van der Waals surface area contributed by atoms with Crippen molar-refractivity contribution in [3.8, 4) is 0 Å². The van der Waals surface area contributed by atoms with E-state index in [1.807, 2.05) is 6.07 Å². The van der Waals surface area contributed by atoms with Gasteiger partial charge in [-0.3, -0.25) is 9.59 Å². The Hall–Kier alpha value is -2.46. The van der Waals surface area contributed by atoms with Crippen LogP contribution in [0.5, 0.6) is 0 Å². The van der Waals surface area contributed by atoms with Gasteiger partial charge in [0, 0.05) is 10.6 Å². The molecule has 0 unspecified atom stereocenters. The maximum Gasteiger partial charge on any atom is 0.279 e. The zero-order valence-corrected chi connectivity index (χ0v) is 11.7. The Morgan fingerprint density at radius 1 is 1.10 bits per heavy atom. The monoisotopic (exact) mass is 298 g/mol. The SMILES string of the molecule is O=C(Cc1cccc(Cl)c1)NC1=NC(=O)c2ccccc21. The summed E-state index contributed by atoms with van der Waals surface area (Å²) in [6.45, 7) is 0. The molecule has 2 aromatic carbocycles. The van der Waals surface area contributed by atoms with E-state index in [1.54, 1.807) is 42.5 Å². The molecule has 2 aromatic rings. The van der Waals surface area contributed by atoms with Crippen molar-refractivity contribution in [1.82, 2.24) is 5.32 Å². The molecule has 3 rings (SSSR count). The van der Waals surface area contributed by atoms with Gasteiger partial charge in [-0.2, -0.15) is 4.99 Å². The van der Waals surface area contributed by atoms with E-state index in [9.17, 15) is 9.59 Å². The fourth-order valence-electron chi connectivity index (χ4n) is 2.20. The molecule has 0 aliphatic carbocycles. The molecule has 0 atom stereocenters. The molecule has 1 aliphatic heterocycles. The summed E-state index contributed by atoms with van der Waals surface area (Å²) in [6.07, 6.45) is 0.177. The van der Waals surface area contributed by atoms with Crippen LogP contribution >= 0.6 is 11.6 Å². The molecule has 5 heteroatoms. The van der Waals surface area contributed by atoms with Crippen LogP contribution < -0.4 is 5.32 Å². The Kier molecular flexibility index (Phi) is 3.54. The second kappa shape index (κ2) is 5.50. The van der Waals surface area contributed by atoms with E-state index in [2.05, 4.69) is 10.3 Å². The van der Waals surface area contributed by atoms with Crippen LogP contribution in [0.15, 0.2) is 53.5 Å². The summed E-state index contributed by atoms with van der Waals surface area (Å²) >= 11 is 5.88.